The zero-order chi connectivity index (χ0) is 9.24. The van der Waals surface area contributed by atoms with Gasteiger partial charge in [-0.25, -0.2) is 0 Å². The van der Waals surface area contributed by atoms with Crippen LogP contribution in [0.1, 0.15) is 0 Å². The number of hydrogen-bond donors (Lipinski definition) is 2. The average Bonchev–Trinajstić information content (AvgIpc) is 2.10. The Hall–Kier alpha value is -1.26. The maximum Gasteiger partial charge on any atom is 0.177 e. The minimum absolute atomic E-state index is 0.126. The van der Waals surface area contributed by atoms with Crippen LogP contribution in [0.25, 0.3) is 0 Å². The summed E-state index contributed by atoms with van der Waals surface area (Å²) in [6.07, 6.45) is 5.14. The van der Waals surface area contributed by atoms with Gasteiger partial charge in [0.25, 0.3) is 0 Å². The Morgan fingerprint density at radius 1 is 0.917 bits per heavy atom. The molecule has 1 aliphatic rings. The van der Waals surface area contributed by atoms with E-state index in [1.165, 1.54) is 12.2 Å². The highest BCUT2D eigenvalue weighted by molar-refractivity contribution is 5.83. The molecule has 4 nitrogen and oxygen atoms in total. The Morgan fingerprint density at radius 2 is 1.25 bits per heavy atom. The Bertz CT molecular complexity index is 240. The number of carbonyl (C=O) groups excluding carboxylic acids is 2. The van der Waals surface area contributed by atoms with Gasteiger partial charge in [-0.2, -0.15) is 0 Å². The SMILES string of the molecule is O=CC1(O)C=CC=CC1(O)C=O. The van der Waals surface area contributed by atoms with Crippen LogP contribution in [0.5, 0.6) is 0 Å². The quantitative estimate of drug-likeness (QED) is 0.517. The van der Waals surface area contributed by atoms with Crippen LogP contribution >= 0.6 is 0 Å². The first-order valence-corrected chi connectivity index (χ1v) is 3.32. The first-order chi connectivity index (χ1) is 5.58. The molecule has 0 saturated carbocycles. The second-order valence-corrected chi connectivity index (χ2v) is 2.60. The van der Waals surface area contributed by atoms with Crippen molar-refractivity contribution in [3.8, 4) is 0 Å². The van der Waals surface area contributed by atoms with Crippen LogP contribution in [0.3, 0.4) is 0 Å². The molecular weight excluding hydrogens is 160 g/mol. The predicted molar refractivity (Wildman–Crippen MR) is 40.3 cm³/mol. The van der Waals surface area contributed by atoms with E-state index in [1.807, 2.05) is 0 Å². The van der Waals surface area contributed by atoms with E-state index in [9.17, 15) is 19.8 Å². The summed E-state index contributed by atoms with van der Waals surface area (Å²) in [6, 6.07) is 0. The topological polar surface area (TPSA) is 74.6 Å². The number of hydrogen-bond acceptors (Lipinski definition) is 4. The first-order valence-electron chi connectivity index (χ1n) is 3.32. The van der Waals surface area contributed by atoms with Crippen LogP contribution in [0.15, 0.2) is 24.3 Å². The van der Waals surface area contributed by atoms with Gasteiger partial charge in [0.2, 0.25) is 0 Å². The van der Waals surface area contributed by atoms with Crippen molar-refractivity contribution in [2.45, 2.75) is 11.2 Å². The van der Waals surface area contributed by atoms with Gasteiger partial charge in [0, 0.05) is 0 Å². The minimum Gasteiger partial charge on any atom is -0.375 e. The molecule has 0 saturated heterocycles. The highest BCUT2D eigenvalue weighted by Gasteiger charge is 2.47. The molecule has 0 radical (unpaired) electrons. The fourth-order valence-electron chi connectivity index (χ4n) is 0.939. The van der Waals surface area contributed by atoms with E-state index in [2.05, 4.69) is 0 Å². The number of allylic oxidation sites excluding steroid dienone is 2. The van der Waals surface area contributed by atoms with E-state index >= 15 is 0 Å². The van der Waals surface area contributed by atoms with Crippen LogP contribution in [-0.2, 0) is 9.59 Å². The van der Waals surface area contributed by atoms with Crippen molar-refractivity contribution < 1.29 is 19.8 Å². The maximum atomic E-state index is 10.4. The van der Waals surface area contributed by atoms with Gasteiger partial charge in [0.05, 0.1) is 0 Å². The summed E-state index contributed by atoms with van der Waals surface area (Å²) >= 11 is 0. The van der Waals surface area contributed by atoms with Crippen molar-refractivity contribution in [3.05, 3.63) is 24.3 Å². The van der Waals surface area contributed by atoms with E-state index in [0.717, 1.165) is 12.2 Å². The first kappa shape index (κ1) is 8.83. The summed E-state index contributed by atoms with van der Waals surface area (Å²) in [5.41, 5.74) is -4.27. The molecule has 0 aliphatic heterocycles. The highest BCUT2D eigenvalue weighted by atomic mass is 16.4. The van der Waals surface area contributed by atoms with E-state index in [0.29, 0.717) is 0 Å². The number of rotatable bonds is 2. The molecule has 0 aromatic carbocycles. The molecule has 64 valence electrons. The van der Waals surface area contributed by atoms with Gasteiger partial charge in [-0.3, -0.25) is 9.59 Å². The fourth-order valence-corrected chi connectivity index (χ4v) is 0.939. The standard InChI is InChI=1S/C8H8O4/c9-5-7(11)3-1-2-4-8(7,12)6-10/h1-6,11-12H. The van der Waals surface area contributed by atoms with Crippen LogP contribution in [0, 0.1) is 0 Å². The van der Waals surface area contributed by atoms with Crippen LogP contribution in [-0.4, -0.2) is 34.0 Å². The Balaban J connectivity index is 3.16. The Morgan fingerprint density at radius 3 is 1.50 bits per heavy atom. The van der Waals surface area contributed by atoms with Crippen molar-refractivity contribution in [2.24, 2.45) is 0 Å². The van der Waals surface area contributed by atoms with Gasteiger partial charge in [0.1, 0.15) is 0 Å². The van der Waals surface area contributed by atoms with Crippen LogP contribution in [0.4, 0.5) is 0 Å². The molecule has 0 spiro atoms. The number of aldehydes is 2. The molecule has 2 unspecified atom stereocenters. The minimum atomic E-state index is -2.14. The monoisotopic (exact) mass is 168 g/mol. The molecule has 0 heterocycles. The van der Waals surface area contributed by atoms with Gasteiger partial charge in [0.15, 0.2) is 23.8 Å². The summed E-state index contributed by atoms with van der Waals surface area (Å²) < 4.78 is 0. The van der Waals surface area contributed by atoms with Crippen molar-refractivity contribution in [1.29, 1.82) is 0 Å². The molecule has 4 heteroatoms. The molecule has 12 heavy (non-hydrogen) atoms. The summed E-state index contributed by atoms with van der Waals surface area (Å²) in [6.45, 7) is 0. The van der Waals surface area contributed by atoms with Crippen molar-refractivity contribution >= 4 is 12.6 Å². The summed E-state index contributed by atoms with van der Waals surface area (Å²) in [5.74, 6) is 0. The van der Waals surface area contributed by atoms with Crippen LogP contribution < -0.4 is 0 Å². The van der Waals surface area contributed by atoms with Crippen LogP contribution in [0.2, 0.25) is 0 Å². The smallest absolute Gasteiger partial charge is 0.177 e. The molecule has 0 fully saturated rings. The lowest BCUT2D eigenvalue weighted by molar-refractivity contribution is -0.148. The number of carbonyl (C=O) groups is 2. The van der Waals surface area contributed by atoms with Gasteiger partial charge >= 0.3 is 0 Å². The highest BCUT2D eigenvalue weighted by Crippen LogP contribution is 2.25. The number of aliphatic hydroxyl groups is 2. The zero-order valence-corrected chi connectivity index (χ0v) is 6.18. The molecule has 0 bridgehead atoms. The summed E-state index contributed by atoms with van der Waals surface area (Å²) in [7, 11) is 0. The molecular formula is C8H8O4. The zero-order valence-electron chi connectivity index (χ0n) is 6.18. The van der Waals surface area contributed by atoms with Crippen molar-refractivity contribution in [3.63, 3.8) is 0 Å². The third-order valence-corrected chi connectivity index (χ3v) is 1.81. The second-order valence-electron chi connectivity index (χ2n) is 2.60. The normalized spacial score (nSPS) is 39.5. The van der Waals surface area contributed by atoms with Crippen molar-refractivity contribution in [2.75, 3.05) is 0 Å². The maximum absolute atomic E-state index is 10.4. The summed E-state index contributed by atoms with van der Waals surface area (Å²) in [4.78, 5) is 20.8. The molecule has 0 aromatic heterocycles. The lowest BCUT2D eigenvalue weighted by Gasteiger charge is -2.32. The lowest BCUT2D eigenvalue weighted by atomic mass is 9.82. The fraction of sp³-hybridized carbons (Fsp3) is 0.250. The molecule has 2 N–H and O–H groups in total. The van der Waals surface area contributed by atoms with Gasteiger partial charge in [-0.15, -0.1) is 0 Å². The van der Waals surface area contributed by atoms with E-state index in [1.54, 1.807) is 0 Å². The van der Waals surface area contributed by atoms with Gasteiger partial charge in [-0.05, 0) is 12.2 Å². The largest absolute Gasteiger partial charge is 0.375 e. The second kappa shape index (κ2) is 2.66. The van der Waals surface area contributed by atoms with Crippen molar-refractivity contribution in [1.82, 2.24) is 0 Å². The van der Waals surface area contributed by atoms with Gasteiger partial charge in [-0.1, -0.05) is 12.2 Å². The predicted octanol–water partition coefficient (Wildman–Crippen LogP) is -1.03. The molecule has 0 amide bonds. The molecule has 1 rings (SSSR count). The third-order valence-electron chi connectivity index (χ3n) is 1.81. The Kier molecular flexibility index (Phi) is 1.95. The molecule has 0 aromatic rings. The van der Waals surface area contributed by atoms with E-state index < -0.39 is 11.2 Å². The third kappa shape index (κ3) is 1.01. The Labute approximate surface area is 68.8 Å². The average molecular weight is 168 g/mol. The molecule has 2 atom stereocenters. The summed E-state index contributed by atoms with van der Waals surface area (Å²) in [5, 5.41) is 18.8. The van der Waals surface area contributed by atoms with Gasteiger partial charge < -0.3 is 10.2 Å². The lowest BCUT2D eigenvalue weighted by Crippen LogP contribution is -2.55. The molecule has 1 aliphatic carbocycles. The van der Waals surface area contributed by atoms with E-state index in [-0.39, 0.29) is 12.6 Å². The van der Waals surface area contributed by atoms with E-state index in [4.69, 9.17) is 0 Å².